The van der Waals surface area contributed by atoms with Crippen molar-refractivity contribution in [3.05, 3.63) is 23.3 Å². The summed E-state index contributed by atoms with van der Waals surface area (Å²) in [6.07, 6.45) is 1.61. The van der Waals surface area contributed by atoms with Crippen LogP contribution in [0.4, 0.5) is 0 Å². The lowest BCUT2D eigenvalue weighted by Gasteiger charge is -2.11. The summed E-state index contributed by atoms with van der Waals surface area (Å²) < 4.78 is 0. The Kier molecular flexibility index (Phi) is 3.07. The molecule has 0 aliphatic carbocycles. The molecule has 0 aliphatic heterocycles. The zero-order valence-electron chi connectivity index (χ0n) is 11.1. The second kappa shape index (κ2) is 4.40. The molecule has 5 heteroatoms. The van der Waals surface area contributed by atoms with Gasteiger partial charge < -0.3 is 10.7 Å². The number of carbonyl (C=O) groups is 1. The van der Waals surface area contributed by atoms with E-state index in [-0.39, 0.29) is 11.8 Å². The standard InChI is InChI=1S/C13H18N4O/c1-6(2)10-9-8(11(14)18)5-15-13(9)17-12(16-10)7(3)4/h5-7H,1-4H3,(H2,14,18)(H,15,16,17). The van der Waals surface area contributed by atoms with Gasteiger partial charge in [0.1, 0.15) is 11.5 Å². The Morgan fingerprint density at radius 2 is 1.89 bits per heavy atom. The van der Waals surface area contributed by atoms with Crippen LogP contribution < -0.4 is 5.73 Å². The molecule has 2 aromatic heterocycles. The van der Waals surface area contributed by atoms with Crippen LogP contribution in [-0.4, -0.2) is 20.9 Å². The first-order valence-corrected chi connectivity index (χ1v) is 6.10. The van der Waals surface area contributed by atoms with Crippen LogP contribution >= 0.6 is 0 Å². The van der Waals surface area contributed by atoms with Crippen LogP contribution in [-0.2, 0) is 0 Å². The van der Waals surface area contributed by atoms with E-state index in [2.05, 4.69) is 15.0 Å². The number of nitrogens with zero attached hydrogens (tertiary/aromatic N) is 2. The van der Waals surface area contributed by atoms with E-state index in [0.29, 0.717) is 11.2 Å². The summed E-state index contributed by atoms with van der Waals surface area (Å²) in [7, 11) is 0. The minimum atomic E-state index is -0.455. The van der Waals surface area contributed by atoms with Crippen molar-refractivity contribution >= 4 is 16.9 Å². The van der Waals surface area contributed by atoms with Crippen LogP contribution in [0.25, 0.3) is 11.0 Å². The van der Waals surface area contributed by atoms with E-state index in [1.807, 2.05) is 27.7 Å². The highest BCUT2D eigenvalue weighted by Gasteiger charge is 2.19. The van der Waals surface area contributed by atoms with E-state index in [4.69, 9.17) is 5.73 Å². The number of fused-ring (bicyclic) bond motifs is 1. The summed E-state index contributed by atoms with van der Waals surface area (Å²) >= 11 is 0. The van der Waals surface area contributed by atoms with Gasteiger partial charge in [-0.3, -0.25) is 4.79 Å². The van der Waals surface area contributed by atoms with Crippen molar-refractivity contribution in [1.29, 1.82) is 0 Å². The number of primary amides is 1. The number of amides is 1. The second-order valence-corrected chi connectivity index (χ2v) is 5.07. The lowest BCUT2D eigenvalue weighted by atomic mass is 10.0. The molecule has 3 N–H and O–H groups in total. The monoisotopic (exact) mass is 246 g/mol. The Bertz CT molecular complexity index is 598. The first-order chi connectivity index (χ1) is 8.41. The minimum absolute atomic E-state index is 0.210. The molecule has 0 spiro atoms. The number of aromatic nitrogens is 3. The van der Waals surface area contributed by atoms with E-state index in [1.54, 1.807) is 6.20 Å². The van der Waals surface area contributed by atoms with Gasteiger partial charge in [0.2, 0.25) is 0 Å². The van der Waals surface area contributed by atoms with Gasteiger partial charge in [0, 0.05) is 12.1 Å². The van der Waals surface area contributed by atoms with E-state index < -0.39 is 5.91 Å². The fourth-order valence-electron chi connectivity index (χ4n) is 1.95. The van der Waals surface area contributed by atoms with Crippen molar-refractivity contribution in [2.45, 2.75) is 39.5 Å². The van der Waals surface area contributed by atoms with Gasteiger partial charge in [-0.1, -0.05) is 27.7 Å². The molecule has 96 valence electrons. The van der Waals surface area contributed by atoms with Crippen molar-refractivity contribution in [2.24, 2.45) is 5.73 Å². The van der Waals surface area contributed by atoms with Gasteiger partial charge in [-0.25, -0.2) is 9.97 Å². The van der Waals surface area contributed by atoms with Gasteiger partial charge in [-0.15, -0.1) is 0 Å². The van der Waals surface area contributed by atoms with E-state index >= 15 is 0 Å². The quantitative estimate of drug-likeness (QED) is 0.871. The summed E-state index contributed by atoms with van der Waals surface area (Å²) in [4.78, 5) is 23.4. The third-order valence-corrected chi connectivity index (χ3v) is 2.91. The molecule has 0 saturated carbocycles. The van der Waals surface area contributed by atoms with E-state index in [0.717, 1.165) is 16.9 Å². The SMILES string of the molecule is CC(C)c1nc(C(C)C)c2c(C(N)=O)c[nH]c2n1. The largest absolute Gasteiger partial charge is 0.366 e. The molecule has 0 saturated heterocycles. The van der Waals surface area contributed by atoms with Crippen LogP contribution in [0, 0.1) is 0 Å². The molecule has 0 radical (unpaired) electrons. The highest BCUT2D eigenvalue weighted by molar-refractivity contribution is 6.06. The molecule has 0 atom stereocenters. The van der Waals surface area contributed by atoms with Gasteiger partial charge in [-0.2, -0.15) is 0 Å². The van der Waals surface area contributed by atoms with Crippen LogP contribution in [0.15, 0.2) is 6.20 Å². The van der Waals surface area contributed by atoms with Crippen LogP contribution in [0.1, 0.15) is 61.4 Å². The zero-order chi connectivity index (χ0) is 13.4. The van der Waals surface area contributed by atoms with Crippen LogP contribution in [0.5, 0.6) is 0 Å². The molecule has 2 rings (SSSR count). The van der Waals surface area contributed by atoms with Crippen molar-refractivity contribution < 1.29 is 4.79 Å². The average Bonchev–Trinajstić information content (AvgIpc) is 2.70. The predicted octanol–water partition coefficient (Wildman–Crippen LogP) is 2.30. The van der Waals surface area contributed by atoms with Crippen molar-refractivity contribution in [3.8, 4) is 0 Å². The number of H-pyrrole nitrogens is 1. The summed E-state index contributed by atoms with van der Waals surface area (Å²) in [5.41, 5.74) is 7.40. The molecular weight excluding hydrogens is 228 g/mol. The van der Waals surface area contributed by atoms with Gasteiger partial charge in [0.25, 0.3) is 5.91 Å². The molecule has 0 aliphatic rings. The molecule has 0 unspecified atom stereocenters. The molecule has 1 amide bonds. The molecule has 2 heterocycles. The second-order valence-electron chi connectivity index (χ2n) is 5.07. The number of hydrogen-bond donors (Lipinski definition) is 2. The molecule has 5 nitrogen and oxygen atoms in total. The molecule has 0 bridgehead atoms. The van der Waals surface area contributed by atoms with Crippen LogP contribution in [0.2, 0.25) is 0 Å². The minimum Gasteiger partial charge on any atom is -0.366 e. The van der Waals surface area contributed by atoms with Crippen molar-refractivity contribution in [2.75, 3.05) is 0 Å². The zero-order valence-corrected chi connectivity index (χ0v) is 11.1. The Balaban J connectivity index is 2.80. The fourth-order valence-corrected chi connectivity index (χ4v) is 1.95. The maximum absolute atomic E-state index is 11.4. The predicted molar refractivity (Wildman–Crippen MR) is 70.6 cm³/mol. The molecule has 0 aromatic carbocycles. The Morgan fingerprint density at radius 1 is 1.22 bits per heavy atom. The third kappa shape index (κ3) is 1.96. The number of aromatic amines is 1. The first-order valence-electron chi connectivity index (χ1n) is 6.10. The molecule has 0 fully saturated rings. The Morgan fingerprint density at radius 3 is 2.39 bits per heavy atom. The smallest absolute Gasteiger partial charge is 0.250 e. The molecular formula is C13H18N4O. The number of hydrogen-bond acceptors (Lipinski definition) is 3. The lowest BCUT2D eigenvalue weighted by Crippen LogP contribution is -2.12. The third-order valence-electron chi connectivity index (χ3n) is 2.91. The normalized spacial score (nSPS) is 11.7. The average molecular weight is 246 g/mol. The van der Waals surface area contributed by atoms with Gasteiger partial charge in [0.05, 0.1) is 16.6 Å². The summed E-state index contributed by atoms with van der Waals surface area (Å²) in [5.74, 6) is 0.780. The lowest BCUT2D eigenvalue weighted by molar-refractivity contribution is 0.100. The fraction of sp³-hybridized carbons (Fsp3) is 0.462. The topological polar surface area (TPSA) is 84.7 Å². The number of nitrogens with two attached hydrogens (primary N) is 1. The summed E-state index contributed by atoms with van der Waals surface area (Å²) in [6.45, 7) is 8.18. The highest BCUT2D eigenvalue weighted by Crippen LogP contribution is 2.27. The summed E-state index contributed by atoms with van der Waals surface area (Å²) in [6, 6.07) is 0. The number of rotatable bonds is 3. The van der Waals surface area contributed by atoms with E-state index in [1.165, 1.54) is 0 Å². The summed E-state index contributed by atoms with van der Waals surface area (Å²) in [5, 5.41) is 0.752. The van der Waals surface area contributed by atoms with E-state index in [9.17, 15) is 4.79 Å². The molecule has 18 heavy (non-hydrogen) atoms. The maximum Gasteiger partial charge on any atom is 0.250 e. The number of carbonyl (C=O) groups excluding carboxylic acids is 1. The van der Waals surface area contributed by atoms with Gasteiger partial charge in [-0.05, 0) is 5.92 Å². The number of nitrogens with one attached hydrogen (secondary N) is 1. The van der Waals surface area contributed by atoms with Gasteiger partial charge in [0.15, 0.2) is 0 Å². The van der Waals surface area contributed by atoms with Crippen LogP contribution in [0.3, 0.4) is 0 Å². The van der Waals surface area contributed by atoms with Gasteiger partial charge >= 0.3 is 0 Å². The van der Waals surface area contributed by atoms with Crippen molar-refractivity contribution in [1.82, 2.24) is 15.0 Å². The molecule has 2 aromatic rings. The Hall–Kier alpha value is -1.91. The van der Waals surface area contributed by atoms with Crippen molar-refractivity contribution in [3.63, 3.8) is 0 Å². The Labute approximate surface area is 106 Å². The maximum atomic E-state index is 11.4. The first kappa shape index (κ1) is 12.5. The highest BCUT2D eigenvalue weighted by atomic mass is 16.1.